The van der Waals surface area contributed by atoms with Gasteiger partial charge in [-0.1, -0.05) is 25.9 Å². The number of hydrogen-bond donors (Lipinski definition) is 2. The van der Waals surface area contributed by atoms with Crippen LogP contribution in [0.1, 0.15) is 75.5 Å². The number of aromatic hydroxyl groups is 1. The first-order chi connectivity index (χ1) is 22.1. The van der Waals surface area contributed by atoms with E-state index in [1.165, 1.54) is 4.80 Å². The first-order valence-electron chi connectivity index (χ1n) is 16.5. The largest absolute Gasteiger partial charge is 0.503 e. The third-order valence-electron chi connectivity index (χ3n) is 11.3. The predicted molar refractivity (Wildman–Crippen MR) is 166 cm³/mol. The molecule has 3 aromatic rings. The molecule has 244 valence electrons. The third-order valence-corrected chi connectivity index (χ3v) is 11.3. The van der Waals surface area contributed by atoms with Gasteiger partial charge in [-0.25, -0.2) is 0 Å². The number of ether oxygens (including phenoxy) is 1. The second kappa shape index (κ2) is 10.4. The van der Waals surface area contributed by atoms with Gasteiger partial charge in [-0.05, 0) is 55.9 Å². The molecule has 2 bridgehead atoms. The third kappa shape index (κ3) is 4.25. The van der Waals surface area contributed by atoms with E-state index in [4.69, 9.17) is 19.5 Å². The fourth-order valence-corrected chi connectivity index (χ4v) is 8.65. The van der Waals surface area contributed by atoms with Gasteiger partial charge < -0.3 is 34.1 Å². The second-order valence-electron chi connectivity index (χ2n) is 14.1. The Morgan fingerprint density at radius 1 is 1.15 bits per heavy atom. The van der Waals surface area contributed by atoms with E-state index in [2.05, 4.69) is 29.2 Å². The maximum atomic E-state index is 14.4. The van der Waals surface area contributed by atoms with Crippen LogP contribution in [0.2, 0.25) is 0 Å². The van der Waals surface area contributed by atoms with Crippen molar-refractivity contribution in [2.75, 3.05) is 31.2 Å². The molecular weight excluding hydrogens is 592 g/mol. The smallest absolute Gasteiger partial charge is 0.280 e. The van der Waals surface area contributed by atoms with Crippen LogP contribution in [0.5, 0.6) is 5.75 Å². The van der Waals surface area contributed by atoms with E-state index in [0.29, 0.717) is 61.8 Å². The van der Waals surface area contributed by atoms with Crippen molar-refractivity contribution in [3.8, 4) is 5.75 Å². The molecule has 14 nitrogen and oxygen atoms in total. The Morgan fingerprint density at radius 2 is 1.93 bits per heavy atom. The summed E-state index contributed by atoms with van der Waals surface area (Å²) >= 11 is 0. The lowest BCUT2D eigenvalue weighted by atomic mass is 9.36. The molecule has 14 heteroatoms. The van der Waals surface area contributed by atoms with Crippen LogP contribution in [0.3, 0.4) is 0 Å². The number of nitrogens with one attached hydrogen (secondary N) is 1. The average molecular weight is 633 g/mol. The minimum Gasteiger partial charge on any atom is -0.503 e. The lowest BCUT2D eigenvalue weighted by molar-refractivity contribution is -0.187. The van der Waals surface area contributed by atoms with Crippen LogP contribution in [0.25, 0.3) is 16.9 Å². The minimum absolute atomic E-state index is 0.0300. The fraction of sp³-hybridized carbons (Fsp3) is 0.625. The van der Waals surface area contributed by atoms with E-state index < -0.39 is 0 Å². The Balaban J connectivity index is 1.16. The molecule has 1 saturated heterocycles. The van der Waals surface area contributed by atoms with Crippen molar-refractivity contribution in [1.82, 2.24) is 34.9 Å². The molecule has 5 heterocycles. The van der Waals surface area contributed by atoms with Gasteiger partial charge in [-0.2, -0.15) is 4.80 Å². The van der Waals surface area contributed by atoms with E-state index in [1.807, 2.05) is 17.6 Å². The Hall–Kier alpha value is -4.20. The van der Waals surface area contributed by atoms with Crippen molar-refractivity contribution < 1.29 is 24.0 Å². The minimum atomic E-state index is -0.388. The summed E-state index contributed by atoms with van der Waals surface area (Å²) in [6, 6.07) is -0.264. The van der Waals surface area contributed by atoms with Gasteiger partial charge in [-0.15, -0.1) is 10.2 Å². The van der Waals surface area contributed by atoms with E-state index in [9.17, 15) is 19.5 Å². The van der Waals surface area contributed by atoms with Crippen molar-refractivity contribution >= 4 is 34.4 Å². The SMILES string of the molecule is CCc1c(N2CCN(C(=O)c3nocc3O)[C@H]3CC[C@@H]32)c(=O)c2nn(C3=CCOCC3)nc2n1CC(=O)NC12CC(C(C)C)(C1)C2. The molecule has 4 aliphatic carbocycles. The molecule has 2 atom stereocenters. The highest BCUT2D eigenvalue weighted by Crippen LogP contribution is 2.70. The van der Waals surface area contributed by atoms with Crippen LogP contribution >= 0.6 is 0 Å². The van der Waals surface area contributed by atoms with Gasteiger partial charge in [0.05, 0.1) is 25.0 Å². The number of pyridine rings is 1. The van der Waals surface area contributed by atoms with E-state index in [-0.39, 0.29) is 58.4 Å². The van der Waals surface area contributed by atoms with Crippen molar-refractivity contribution in [2.45, 2.75) is 89.9 Å². The van der Waals surface area contributed by atoms with Crippen LogP contribution in [-0.2, 0) is 22.5 Å². The zero-order valence-corrected chi connectivity index (χ0v) is 26.5. The van der Waals surface area contributed by atoms with Crippen molar-refractivity contribution in [1.29, 1.82) is 0 Å². The molecular formula is C32H40N8O6. The van der Waals surface area contributed by atoms with Crippen LogP contribution in [0, 0.1) is 11.3 Å². The van der Waals surface area contributed by atoms with E-state index >= 15 is 0 Å². The molecule has 2 amide bonds. The summed E-state index contributed by atoms with van der Waals surface area (Å²) in [7, 11) is 0. The molecule has 9 rings (SSSR count). The summed E-state index contributed by atoms with van der Waals surface area (Å²) in [5.74, 6) is -0.168. The number of aromatic nitrogens is 5. The number of carbonyl (C=O) groups is 2. The van der Waals surface area contributed by atoms with Gasteiger partial charge in [0, 0.05) is 36.8 Å². The summed E-state index contributed by atoms with van der Waals surface area (Å²) in [4.78, 5) is 46.8. The molecule has 5 fully saturated rings. The summed E-state index contributed by atoms with van der Waals surface area (Å²) in [5.41, 5.74) is 2.62. The highest BCUT2D eigenvalue weighted by molar-refractivity contribution is 5.95. The quantitative estimate of drug-likeness (QED) is 0.377. The molecule has 46 heavy (non-hydrogen) atoms. The number of carbonyl (C=O) groups excluding carboxylic acids is 2. The number of fused-ring (bicyclic) bond motifs is 2. The Kier molecular flexibility index (Phi) is 6.61. The number of hydrogen-bond acceptors (Lipinski definition) is 10. The zero-order valence-electron chi connectivity index (χ0n) is 26.5. The van der Waals surface area contributed by atoms with Crippen molar-refractivity contribution in [3.05, 3.63) is 34.0 Å². The molecule has 2 aliphatic heterocycles. The lowest BCUT2D eigenvalue weighted by Gasteiger charge is -2.72. The number of nitrogens with zero attached hydrogens (tertiary/aromatic N) is 7. The van der Waals surface area contributed by atoms with Gasteiger partial charge in [0.25, 0.3) is 5.91 Å². The molecule has 0 radical (unpaired) electrons. The van der Waals surface area contributed by atoms with Gasteiger partial charge in [0.15, 0.2) is 23.2 Å². The summed E-state index contributed by atoms with van der Waals surface area (Å²) in [6.07, 6.45) is 8.67. The maximum absolute atomic E-state index is 14.4. The highest BCUT2D eigenvalue weighted by Gasteiger charge is 2.69. The number of rotatable bonds is 8. The Labute approximate surface area is 265 Å². The van der Waals surface area contributed by atoms with Crippen molar-refractivity contribution in [2.24, 2.45) is 11.3 Å². The van der Waals surface area contributed by atoms with Crippen LogP contribution < -0.4 is 15.6 Å². The number of anilines is 1. The molecule has 2 N–H and O–H groups in total. The number of amides is 2. The average Bonchev–Trinajstić information content (AvgIpc) is 3.63. The summed E-state index contributed by atoms with van der Waals surface area (Å²) in [6.45, 7) is 8.27. The summed E-state index contributed by atoms with van der Waals surface area (Å²) < 4.78 is 12.2. The zero-order chi connectivity index (χ0) is 32.0. The van der Waals surface area contributed by atoms with Crippen LogP contribution in [-0.4, -0.2) is 90.5 Å². The standard InChI is InChI=1S/C32H40N8O6/c1-4-20-27(37-9-10-38(22-6-5-21(22)37)30(44)25-23(41)14-46-36-25)28(43)26-29(35-40(34-26)19-7-11-45-12-8-19)39(20)13-24(42)33-32-15-31(16-32,17-32)18(2)3/h7,14,18,21-22,41H,4-6,8-13,15-17H2,1-3H3,(H,33,42)/t21-,22-,31?,32?/m0/s1. The highest BCUT2D eigenvalue weighted by atomic mass is 16.5. The topological polar surface area (TPSA) is 161 Å². The molecule has 6 aliphatic rings. The van der Waals surface area contributed by atoms with Gasteiger partial charge in [0.1, 0.15) is 12.2 Å². The second-order valence-corrected chi connectivity index (χ2v) is 14.1. The maximum Gasteiger partial charge on any atom is 0.280 e. The van der Waals surface area contributed by atoms with Crippen LogP contribution in [0.4, 0.5) is 5.69 Å². The molecule has 0 spiro atoms. The monoisotopic (exact) mass is 632 g/mol. The number of piperazine rings is 1. The van der Waals surface area contributed by atoms with Gasteiger partial charge in [-0.3, -0.25) is 14.4 Å². The predicted octanol–water partition coefficient (Wildman–Crippen LogP) is 2.30. The van der Waals surface area contributed by atoms with Gasteiger partial charge >= 0.3 is 0 Å². The molecule has 0 aromatic carbocycles. The summed E-state index contributed by atoms with van der Waals surface area (Å²) in [5, 5.41) is 26.6. The fourth-order valence-electron chi connectivity index (χ4n) is 8.65. The van der Waals surface area contributed by atoms with Gasteiger partial charge in [0.2, 0.25) is 17.0 Å². The van der Waals surface area contributed by atoms with E-state index in [1.54, 1.807) is 4.90 Å². The normalized spacial score (nSPS) is 28.3. The first-order valence-corrected chi connectivity index (χ1v) is 16.5. The molecule has 3 aromatic heterocycles. The molecule has 4 saturated carbocycles. The Bertz CT molecular complexity index is 1820. The lowest BCUT2D eigenvalue weighted by Crippen LogP contribution is -2.76. The van der Waals surface area contributed by atoms with Crippen molar-refractivity contribution in [3.63, 3.8) is 0 Å². The first kappa shape index (κ1) is 29.2. The Morgan fingerprint density at radius 3 is 2.57 bits per heavy atom. The molecule has 0 unspecified atom stereocenters. The van der Waals surface area contributed by atoms with Crippen LogP contribution in [0.15, 0.2) is 21.7 Å². The van der Waals surface area contributed by atoms with E-state index in [0.717, 1.165) is 49.8 Å².